The molecule has 162 valence electrons. The number of carbonyl (C=O) groups excluding carboxylic acids is 1. The number of nitro groups is 1. The van der Waals surface area contributed by atoms with Gasteiger partial charge in [0.05, 0.1) is 36.4 Å². The van der Waals surface area contributed by atoms with Gasteiger partial charge in [-0.15, -0.1) is 0 Å². The smallest absolute Gasteiger partial charge is 0.273 e. The molecule has 9 heteroatoms. The number of nitro benzene ring substituents is 1. The van der Waals surface area contributed by atoms with Crippen molar-refractivity contribution in [1.29, 1.82) is 5.26 Å². The van der Waals surface area contributed by atoms with E-state index in [4.69, 9.17) is 9.47 Å². The standard InChI is InChI=1S/C22H24N4O5/c1-5-31-20-9-6-14(2)10-18(20)15(3)25-22(27)16(12-23)13-24-19-8-7-17(26(28)29)11-21(19)30-4/h6-11,13,15,24H,5H2,1-4H3,(H,25,27)/b16-13-. The number of methoxy groups -OCH3 is 1. The van der Waals surface area contributed by atoms with Crippen LogP contribution in [-0.4, -0.2) is 24.5 Å². The second-order valence-corrected chi connectivity index (χ2v) is 6.63. The highest BCUT2D eigenvalue weighted by Gasteiger charge is 2.18. The summed E-state index contributed by atoms with van der Waals surface area (Å²) in [7, 11) is 1.37. The van der Waals surface area contributed by atoms with Crippen molar-refractivity contribution in [2.24, 2.45) is 0 Å². The molecular formula is C22H24N4O5. The summed E-state index contributed by atoms with van der Waals surface area (Å²) in [5.74, 6) is 0.294. The van der Waals surface area contributed by atoms with E-state index in [-0.39, 0.29) is 17.0 Å². The summed E-state index contributed by atoms with van der Waals surface area (Å²) in [5.41, 5.74) is 1.89. The quantitative estimate of drug-likeness (QED) is 0.269. The maximum absolute atomic E-state index is 12.6. The Balaban J connectivity index is 2.19. The van der Waals surface area contributed by atoms with Gasteiger partial charge in [0, 0.05) is 17.8 Å². The Morgan fingerprint density at radius 3 is 2.65 bits per heavy atom. The largest absolute Gasteiger partial charge is 0.494 e. The third kappa shape index (κ3) is 5.96. The van der Waals surface area contributed by atoms with E-state index in [1.54, 1.807) is 6.92 Å². The number of benzene rings is 2. The molecule has 9 nitrogen and oxygen atoms in total. The first-order valence-corrected chi connectivity index (χ1v) is 9.54. The number of nitriles is 1. The molecule has 2 aromatic rings. The first-order valence-electron chi connectivity index (χ1n) is 9.54. The summed E-state index contributed by atoms with van der Waals surface area (Å²) in [6, 6.07) is 11.1. The van der Waals surface area contributed by atoms with Crippen molar-refractivity contribution in [3.05, 3.63) is 69.4 Å². The lowest BCUT2D eigenvalue weighted by Gasteiger charge is -2.18. The van der Waals surface area contributed by atoms with Gasteiger partial charge in [0.2, 0.25) is 0 Å². The Hall–Kier alpha value is -4.06. The molecule has 0 radical (unpaired) electrons. The number of ether oxygens (including phenoxy) is 2. The molecule has 31 heavy (non-hydrogen) atoms. The maximum Gasteiger partial charge on any atom is 0.273 e. The number of non-ortho nitro benzene ring substituents is 1. The molecule has 2 aromatic carbocycles. The number of nitrogens with one attached hydrogen (secondary N) is 2. The Labute approximate surface area is 180 Å². The minimum atomic E-state index is -0.577. The van der Waals surface area contributed by atoms with Crippen molar-refractivity contribution in [1.82, 2.24) is 5.32 Å². The maximum atomic E-state index is 12.6. The minimum Gasteiger partial charge on any atom is -0.494 e. The van der Waals surface area contributed by atoms with Crippen molar-refractivity contribution in [2.45, 2.75) is 26.8 Å². The monoisotopic (exact) mass is 424 g/mol. The van der Waals surface area contributed by atoms with Gasteiger partial charge in [0.25, 0.3) is 11.6 Å². The number of rotatable bonds is 9. The molecule has 1 atom stereocenters. The number of hydrogen-bond donors (Lipinski definition) is 2. The van der Waals surface area contributed by atoms with Crippen molar-refractivity contribution in [2.75, 3.05) is 19.0 Å². The topological polar surface area (TPSA) is 127 Å². The van der Waals surface area contributed by atoms with E-state index in [0.717, 1.165) is 11.1 Å². The molecule has 0 aliphatic rings. The molecule has 0 heterocycles. The van der Waals surface area contributed by atoms with Crippen LogP contribution in [0, 0.1) is 28.4 Å². The Kier molecular flexibility index (Phi) is 7.97. The molecule has 0 saturated heterocycles. The van der Waals surface area contributed by atoms with Crippen LogP contribution in [0.3, 0.4) is 0 Å². The van der Waals surface area contributed by atoms with Crippen molar-refractivity contribution in [3.63, 3.8) is 0 Å². The van der Waals surface area contributed by atoms with Crippen LogP contribution in [0.4, 0.5) is 11.4 Å². The van der Waals surface area contributed by atoms with Crippen molar-refractivity contribution >= 4 is 17.3 Å². The van der Waals surface area contributed by atoms with Crippen LogP contribution in [0.1, 0.15) is 31.0 Å². The second-order valence-electron chi connectivity index (χ2n) is 6.63. The summed E-state index contributed by atoms with van der Waals surface area (Å²) >= 11 is 0. The lowest BCUT2D eigenvalue weighted by atomic mass is 10.0. The molecule has 0 aromatic heterocycles. The number of anilines is 1. The zero-order valence-corrected chi connectivity index (χ0v) is 17.8. The van der Waals surface area contributed by atoms with Crippen LogP contribution in [0.15, 0.2) is 48.2 Å². The molecule has 0 bridgehead atoms. The number of amides is 1. The molecule has 0 spiro atoms. The van der Waals surface area contributed by atoms with E-state index >= 15 is 0 Å². The fourth-order valence-corrected chi connectivity index (χ4v) is 2.86. The number of carbonyl (C=O) groups is 1. The molecule has 0 saturated carbocycles. The fourth-order valence-electron chi connectivity index (χ4n) is 2.86. The molecule has 2 rings (SSSR count). The highest BCUT2D eigenvalue weighted by atomic mass is 16.6. The summed E-state index contributed by atoms with van der Waals surface area (Å²) in [6.07, 6.45) is 1.23. The SMILES string of the molecule is CCOc1ccc(C)cc1C(C)NC(=O)/C(C#N)=C\Nc1ccc([N+](=O)[O-])cc1OC. The highest BCUT2D eigenvalue weighted by Crippen LogP contribution is 2.29. The number of nitrogens with zero attached hydrogens (tertiary/aromatic N) is 2. The summed E-state index contributed by atoms with van der Waals surface area (Å²) in [5, 5.41) is 25.9. The number of aryl methyl sites for hydroxylation is 1. The second kappa shape index (κ2) is 10.6. The lowest BCUT2D eigenvalue weighted by molar-refractivity contribution is -0.384. The van der Waals surface area contributed by atoms with E-state index in [1.807, 2.05) is 38.1 Å². The van der Waals surface area contributed by atoms with Gasteiger partial charge in [0.1, 0.15) is 23.1 Å². The van der Waals surface area contributed by atoms with Crippen molar-refractivity contribution in [3.8, 4) is 17.6 Å². The summed E-state index contributed by atoms with van der Waals surface area (Å²) in [6.45, 7) is 6.11. The molecule has 2 N–H and O–H groups in total. The average molecular weight is 424 g/mol. The molecule has 1 amide bonds. The van der Waals surface area contributed by atoms with Crippen LogP contribution in [0.5, 0.6) is 11.5 Å². The molecule has 0 aliphatic heterocycles. The molecule has 0 aliphatic carbocycles. The van der Waals surface area contributed by atoms with Gasteiger partial charge in [-0.2, -0.15) is 5.26 Å². The first kappa shape index (κ1) is 23.2. The van der Waals surface area contributed by atoms with E-state index in [0.29, 0.717) is 18.0 Å². The third-order valence-corrected chi connectivity index (χ3v) is 4.41. The van der Waals surface area contributed by atoms with Gasteiger partial charge in [-0.3, -0.25) is 14.9 Å². The summed E-state index contributed by atoms with van der Waals surface area (Å²) in [4.78, 5) is 23.0. The predicted molar refractivity (Wildman–Crippen MR) is 116 cm³/mol. The Morgan fingerprint density at radius 2 is 2.03 bits per heavy atom. The van der Waals surface area contributed by atoms with Gasteiger partial charge in [0.15, 0.2) is 0 Å². The predicted octanol–water partition coefficient (Wildman–Crippen LogP) is 4.01. The van der Waals surface area contributed by atoms with Gasteiger partial charge < -0.3 is 20.1 Å². The van der Waals surface area contributed by atoms with Crippen LogP contribution < -0.4 is 20.1 Å². The summed E-state index contributed by atoms with van der Waals surface area (Å²) < 4.78 is 10.8. The number of hydrogen-bond acceptors (Lipinski definition) is 7. The van der Waals surface area contributed by atoms with E-state index < -0.39 is 16.9 Å². The highest BCUT2D eigenvalue weighted by molar-refractivity contribution is 5.97. The third-order valence-electron chi connectivity index (χ3n) is 4.41. The molecular weight excluding hydrogens is 400 g/mol. The van der Waals surface area contributed by atoms with Crippen LogP contribution in [-0.2, 0) is 4.79 Å². The average Bonchev–Trinajstić information content (AvgIpc) is 2.75. The molecule has 1 unspecified atom stereocenters. The zero-order valence-electron chi connectivity index (χ0n) is 17.8. The lowest BCUT2D eigenvalue weighted by Crippen LogP contribution is -2.28. The fraction of sp³-hybridized carbons (Fsp3) is 0.273. The minimum absolute atomic E-state index is 0.137. The Morgan fingerprint density at radius 1 is 1.29 bits per heavy atom. The molecule has 0 fully saturated rings. The van der Waals surface area contributed by atoms with Gasteiger partial charge >= 0.3 is 0 Å². The van der Waals surface area contributed by atoms with Gasteiger partial charge in [-0.25, -0.2) is 0 Å². The van der Waals surface area contributed by atoms with Crippen LogP contribution in [0.25, 0.3) is 0 Å². The normalized spacial score (nSPS) is 11.8. The van der Waals surface area contributed by atoms with Crippen molar-refractivity contribution < 1.29 is 19.2 Å². The first-order chi connectivity index (χ1) is 14.8. The van der Waals surface area contributed by atoms with Gasteiger partial charge in [-0.1, -0.05) is 17.7 Å². The van der Waals surface area contributed by atoms with E-state index in [9.17, 15) is 20.2 Å². The van der Waals surface area contributed by atoms with E-state index in [2.05, 4.69) is 10.6 Å². The van der Waals surface area contributed by atoms with Crippen LogP contribution >= 0.6 is 0 Å². The Bertz CT molecular complexity index is 1040. The van der Waals surface area contributed by atoms with Crippen LogP contribution in [0.2, 0.25) is 0 Å². The zero-order chi connectivity index (χ0) is 23.0. The van der Waals surface area contributed by atoms with E-state index in [1.165, 1.54) is 31.5 Å². The van der Waals surface area contributed by atoms with Gasteiger partial charge in [-0.05, 0) is 32.9 Å².